The maximum atomic E-state index is 11.7. The number of non-ortho nitro benzene ring substituents is 1. The standard InChI is InChI=1S/C15H14ClN3O3/c16-13-5-1-3-11(7-13)9-17-15(20)18-10-12-4-2-6-14(8-12)19(21)22/h1-8H,9-10H2,(H2,17,18,20). The van der Waals surface area contributed by atoms with Crippen LogP contribution in [0.5, 0.6) is 0 Å². The largest absolute Gasteiger partial charge is 0.334 e. The molecule has 2 aromatic carbocycles. The third kappa shape index (κ3) is 4.75. The molecule has 0 aliphatic heterocycles. The number of hydrogen-bond donors (Lipinski definition) is 2. The summed E-state index contributed by atoms with van der Waals surface area (Å²) >= 11 is 5.86. The van der Waals surface area contributed by atoms with E-state index in [1.807, 2.05) is 6.07 Å². The van der Waals surface area contributed by atoms with Crippen LogP contribution in [0, 0.1) is 10.1 Å². The van der Waals surface area contributed by atoms with Crippen LogP contribution >= 0.6 is 11.6 Å². The molecule has 2 amide bonds. The van der Waals surface area contributed by atoms with Gasteiger partial charge in [0, 0.05) is 30.2 Å². The van der Waals surface area contributed by atoms with Gasteiger partial charge in [-0.1, -0.05) is 35.9 Å². The SMILES string of the molecule is O=C(NCc1cccc(Cl)c1)NCc1cccc([N+](=O)[O-])c1. The van der Waals surface area contributed by atoms with E-state index >= 15 is 0 Å². The molecule has 114 valence electrons. The Hall–Kier alpha value is -2.60. The number of benzene rings is 2. The Morgan fingerprint density at radius 1 is 1.05 bits per heavy atom. The molecular weight excluding hydrogens is 306 g/mol. The Balaban J connectivity index is 1.83. The van der Waals surface area contributed by atoms with Gasteiger partial charge < -0.3 is 10.6 Å². The number of halogens is 1. The van der Waals surface area contributed by atoms with Crippen LogP contribution in [-0.4, -0.2) is 11.0 Å². The monoisotopic (exact) mass is 319 g/mol. The second kappa shape index (κ2) is 7.42. The van der Waals surface area contributed by atoms with Gasteiger partial charge in [-0.05, 0) is 23.3 Å². The van der Waals surface area contributed by atoms with Crippen molar-refractivity contribution in [3.05, 3.63) is 74.8 Å². The second-order valence-corrected chi connectivity index (χ2v) is 5.03. The molecule has 0 aliphatic rings. The van der Waals surface area contributed by atoms with E-state index in [0.29, 0.717) is 17.1 Å². The van der Waals surface area contributed by atoms with E-state index in [1.54, 1.807) is 30.3 Å². The minimum atomic E-state index is -0.470. The second-order valence-electron chi connectivity index (χ2n) is 4.59. The Labute approximate surface area is 132 Å². The fourth-order valence-electron chi connectivity index (χ4n) is 1.85. The van der Waals surface area contributed by atoms with Crippen LogP contribution in [0.1, 0.15) is 11.1 Å². The van der Waals surface area contributed by atoms with Crippen molar-refractivity contribution in [3.63, 3.8) is 0 Å². The first-order valence-corrected chi connectivity index (χ1v) is 6.92. The van der Waals surface area contributed by atoms with Crippen LogP contribution in [0.2, 0.25) is 5.02 Å². The molecule has 22 heavy (non-hydrogen) atoms. The lowest BCUT2D eigenvalue weighted by molar-refractivity contribution is -0.384. The smallest absolute Gasteiger partial charge is 0.315 e. The van der Waals surface area contributed by atoms with Gasteiger partial charge in [-0.3, -0.25) is 10.1 Å². The summed E-state index contributed by atoms with van der Waals surface area (Å²) in [5.74, 6) is 0. The minimum absolute atomic E-state index is 0.00126. The highest BCUT2D eigenvalue weighted by atomic mass is 35.5. The summed E-state index contributed by atoms with van der Waals surface area (Å²) in [6.07, 6.45) is 0. The van der Waals surface area contributed by atoms with Crippen LogP contribution in [0.4, 0.5) is 10.5 Å². The average molecular weight is 320 g/mol. The summed E-state index contributed by atoms with van der Waals surface area (Å²) < 4.78 is 0. The number of nitrogens with one attached hydrogen (secondary N) is 2. The lowest BCUT2D eigenvalue weighted by Gasteiger charge is -2.08. The van der Waals surface area contributed by atoms with Gasteiger partial charge >= 0.3 is 6.03 Å². The first-order chi connectivity index (χ1) is 10.5. The van der Waals surface area contributed by atoms with Crippen molar-refractivity contribution in [2.24, 2.45) is 0 Å². The van der Waals surface area contributed by atoms with Gasteiger partial charge in [0.25, 0.3) is 5.69 Å². The molecule has 0 saturated carbocycles. The Kier molecular flexibility index (Phi) is 5.32. The molecule has 0 saturated heterocycles. The maximum absolute atomic E-state index is 11.7. The minimum Gasteiger partial charge on any atom is -0.334 e. The fourth-order valence-corrected chi connectivity index (χ4v) is 2.07. The number of carbonyl (C=O) groups is 1. The Bertz CT molecular complexity index is 691. The summed E-state index contributed by atoms with van der Waals surface area (Å²) in [5, 5.41) is 16.6. The molecule has 0 heterocycles. The van der Waals surface area contributed by atoms with Gasteiger partial charge in [-0.2, -0.15) is 0 Å². The fraction of sp³-hybridized carbons (Fsp3) is 0.133. The molecule has 0 aliphatic carbocycles. The van der Waals surface area contributed by atoms with E-state index in [9.17, 15) is 14.9 Å². The highest BCUT2D eigenvalue weighted by Crippen LogP contribution is 2.13. The van der Waals surface area contributed by atoms with Crippen LogP contribution in [0.3, 0.4) is 0 Å². The molecule has 7 heteroatoms. The zero-order valence-corrected chi connectivity index (χ0v) is 12.3. The van der Waals surface area contributed by atoms with E-state index in [-0.39, 0.29) is 18.3 Å². The van der Waals surface area contributed by atoms with Crippen LogP contribution < -0.4 is 10.6 Å². The molecule has 0 spiro atoms. The van der Waals surface area contributed by atoms with Crippen molar-refractivity contribution in [2.45, 2.75) is 13.1 Å². The topological polar surface area (TPSA) is 84.3 Å². The lowest BCUT2D eigenvalue weighted by atomic mass is 10.2. The zero-order valence-electron chi connectivity index (χ0n) is 11.6. The van der Waals surface area contributed by atoms with Gasteiger partial charge in [0.15, 0.2) is 0 Å². The Morgan fingerprint density at radius 2 is 1.64 bits per heavy atom. The molecule has 2 N–H and O–H groups in total. The van der Waals surface area contributed by atoms with Crippen molar-refractivity contribution < 1.29 is 9.72 Å². The Morgan fingerprint density at radius 3 is 2.23 bits per heavy atom. The zero-order chi connectivity index (χ0) is 15.9. The van der Waals surface area contributed by atoms with Gasteiger partial charge in [-0.25, -0.2) is 4.79 Å². The molecule has 2 aromatic rings. The van der Waals surface area contributed by atoms with E-state index in [4.69, 9.17) is 11.6 Å². The first-order valence-electron chi connectivity index (χ1n) is 6.54. The summed E-state index contributed by atoms with van der Waals surface area (Å²) in [7, 11) is 0. The average Bonchev–Trinajstić information content (AvgIpc) is 2.51. The molecule has 0 unspecified atom stereocenters. The molecule has 2 rings (SSSR count). The van der Waals surface area contributed by atoms with Gasteiger partial charge in [0.2, 0.25) is 0 Å². The van der Waals surface area contributed by atoms with Crippen LogP contribution in [0.25, 0.3) is 0 Å². The number of carbonyl (C=O) groups excluding carboxylic acids is 1. The van der Waals surface area contributed by atoms with Gasteiger partial charge in [0.05, 0.1) is 4.92 Å². The predicted octanol–water partition coefficient (Wildman–Crippen LogP) is 3.25. The molecule has 0 fully saturated rings. The van der Waals surface area contributed by atoms with E-state index < -0.39 is 4.92 Å². The van der Waals surface area contributed by atoms with E-state index in [0.717, 1.165) is 5.56 Å². The van der Waals surface area contributed by atoms with Crippen molar-refractivity contribution in [3.8, 4) is 0 Å². The first kappa shape index (κ1) is 15.8. The third-order valence-corrected chi connectivity index (χ3v) is 3.15. The number of rotatable bonds is 5. The summed E-state index contributed by atoms with van der Waals surface area (Å²) in [6, 6.07) is 13.0. The highest BCUT2D eigenvalue weighted by molar-refractivity contribution is 6.30. The van der Waals surface area contributed by atoms with Crippen molar-refractivity contribution in [2.75, 3.05) is 0 Å². The van der Waals surface area contributed by atoms with Crippen LogP contribution in [-0.2, 0) is 13.1 Å². The molecule has 0 aromatic heterocycles. The van der Waals surface area contributed by atoms with Crippen LogP contribution in [0.15, 0.2) is 48.5 Å². The number of amides is 2. The molecule has 0 radical (unpaired) electrons. The number of nitro groups is 1. The molecule has 0 atom stereocenters. The number of hydrogen-bond acceptors (Lipinski definition) is 3. The summed E-state index contributed by atoms with van der Waals surface area (Å²) in [6.45, 7) is 0.560. The van der Waals surface area contributed by atoms with E-state index in [2.05, 4.69) is 10.6 Å². The number of urea groups is 1. The lowest BCUT2D eigenvalue weighted by Crippen LogP contribution is -2.34. The normalized spacial score (nSPS) is 10.0. The third-order valence-electron chi connectivity index (χ3n) is 2.92. The summed E-state index contributed by atoms with van der Waals surface area (Å²) in [5.41, 5.74) is 1.55. The number of nitro benzene ring substituents is 1. The molecule has 6 nitrogen and oxygen atoms in total. The molecular formula is C15H14ClN3O3. The highest BCUT2D eigenvalue weighted by Gasteiger charge is 2.06. The maximum Gasteiger partial charge on any atom is 0.315 e. The number of nitrogens with zero attached hydrogens (tertiary/aromatic N) is 1. The van der Waals surface area contributed by atoms with E-state index in [1.165, 1.54) is 12.1 Å². The van der Waals surface area contributed by atoms with Crippen molar-refractivity contribution in [1.29, 1.82) is 0 Å². The van der Waals surface area contributed by atoms with Crippen molar-refractivity contribution >= 4 is 23.3 Å². The summed E-state index contributed by atoms with van der Waals surface area (Å²) in [4.78, 5) is 21.9. The molecule has 0 bridgehead atoms. The quantitative estimate of drug-likeness (QED) is 0.655. The predicted molar refractivity (Wildman–Crippen MR) is 83.6 cm³/mol. The van der Waals surface area contributed by atoms with Gasteiger partial charge in [0.1, 0.15) is 0 Å². The van der Waals surface area contributed by atoms with Crippen molar-refractivity contribution in [1.82, 2.24) is 10.6 Å². The van der Waals surface area contributed by atoms with Gasteiger partial charge in [-0.15, -0.1) is 0 Å².